The van der Waals surface area contributed by atoms with E-state index in [1.807, 2.05) is 37.3 Å². The molecule has 0 fully saturated rings. The zero-order valence-electron chi connectivity index (χ0n) is 16.1. The number of nitrogens with zero attached hydrogens (tertiary/aromatic N) is 3. The Labute approximate surface area is 174 Å². The van der Waals surface area contributed by atoms with Crippen molar-refractivity contribution >= 4 is 38.5 Å². The van der Waals surface area contributed by atoms with Crippen LogP contribution < -0.4 is 10.1 Å². The molecule has 4 aromatic rings. The van der Waals surface area contributed by atoms with Gasteiger partial charge in [0.15, 0.2) is 5.82 Å². The lowest BCUT2D eigenvalue weighted by atomic mass is 10.2. The normalized spacial score (nSPS) is 11.6. The van der Waals surface area contributed by atoms with Crippen LogP contribution in [0.25, 0.3) is 10.8 Å². The number of anilines is 2. The maximum absolute atomic E-state index is 12.7. The molecule has 150 valence electrons. The summed E-state index contributed by atoms with van der Waals surface area (Å²) in [5.74, 6) is 0.516. The maximum Gasteiger partial charge on any atom is 0.261 e. The Balaban J connectivity index is 1.57. The number of nitrogens with one attached hydrogen (secondary N) is 2. The van der Waals surface area contributed by atoms with Crippen LogP contribution in [0.5, 0.6) is 0 Å². The molecule has 7 nitrogen and oxygen atoms in total. The van der Waals surface area contributed by atoms with Crippen molar-refractivity contribution in [2.75, 3.05) is 10.1 Å². The fourth-order valence-corrected chi connectivity index (χ4v) is 3.98. The van der Waals surface area contributed by atoms with Gasteiger partial charge < -0.3 is 0 Å². The molecule has 0 amide bonds. The summed E-state index contributed by atoms with van der Waals surface area (Å²) in [6.07, 6.45) is 3.22. The second-order valence-corrected chi connectivity index (χ2v) is 8.34. The number of benzene rings is 3. The summed E-state index contributed by atoms with van der Waals surface area (Å²) in [6, 6.07) is 21.4. The van der Waals surface area contributed by atoms with Crippen LogP contribution >= 0.6 is 0 Å². The van der Waals surface area contributed by atoms with Gasteiger partial charge in [-0.05, 0) is 25.1 Å². The van der Waals surface area contributed by atoms with Gasteiger partial charge in [-0.3, -0.25) is 10.1 Å². The minimum atomic E-state index is -3.71. The highest BCUT2D eigenvalue weighted by molar-refractivity contribution is 7.92. The van der Waals surface area contributed by atoms with Crippen LogP contribution in [0.2, 0.25) is 0 Å². The minimum absolute atomic E-state index is 0.198. The number of aryl methyl sites for hydroxylation is 1. The average molecular weight is 417 g/mol. The minimum Gasteiger partial charge on any atom is -0.279 e. The van der Waals surface area contributed by atoms with Crippen LogP contribution in [0, 0.1) is 6.92 Å². The second-order valence-electron chi connectivity index (χ2n) is 6.66. The number of hydrogen-bond acceptors (Lipinski definition) is 6. The van der Waals surface area contributed by atoms with Gasteiger partial charge in [0.25, 0.3) is 10.0 Å². The van der Waals surface area contributed by atoms with Crippen LogP contribution in [-0.2, 0) is 10.0 Å². The number of para-hydroxylation sites is 1. The quantitative estimate of drug-likeness (QED) is 0.362. The van der Waals surface area contributed by atoms with E-state index >= 15 is 0 Å². The van der Waals surface area contributed by atoms with E-state index in [-0.39, 0.29) is 4.90 Å². The lowest BCUT2D eigenvalue weighted by Crippen LogP contribution is -2.14. The Morgan fingerprint density at radius 1 is 0.933 bits per heavy atom. The SMILES string of the molecule is Cc1ccc(S(=O)(=O)Nc2ccccc2/C=N/Nc2nncc3ccccc23)cc1. The van der Waals surface area contributed by atoms with Gasteiger partial charge in [0.2, 0.25) is 0 Å². The Kier molecular flexibility index (Phi) is 5.40. The van der Waals surface area contributed by atoms with Crippen molar-refractivity contribution in [1.29, 1.82) is 0 Å². The molecule has 8 heteroatoms. The smallest absolute Gasteiger partial charge is 0.261 e. The lowest BCUT2D eigenvalue weighted by molar-refractivity contribution is 0.601. The summed E-state index contributed by atoms with van der Waals surface area (Å²) < 4.78 is 28.1. The molecule has 1 aromatic heterocycles. The average Bonchev–Trinajstić information content (AvgIpc) is 2.75. The van der Waals surface area contributed by atoms with Crippen LogP contribution in [0.4, 0.5) is 11.5 Å². The van der Waals surface area contributed by atoms with E-state index < -0.39 is 10.0 Å². The molecule has 4 rings (SSSR count). The summed E-state index contributed by atoms with van der Waals surface area (Å²) in [7, 11) is -3.71. The molecule has 3 aromatic carbocycles. The molecule has 0 atom stereocenters. The Morgan fingerprint density at radius 2 is 1.67 bits per heavy atom. The van der Waals surface area contributed by atoms with Crippen molar-refractivity contribution in [3.05, 3.63) is 90.1 Å². The highest BCUT2D eigenvalue weighted by atomic mass is 32.2. The number of rotatable bonds is 6. The van der Waals surface area contributed by atoms with Gasteiger partial charge in [0.05, 0.1) is 23.0 Å². The van der Waals surface area contributed by atoms with E-state index in [1.165, 1.54) is 6.21 Å². The lowest BCUT2D eigenvalue weighted by Gasteiger charge is -2.11. The third-order valence-electron chi connectivity index (χ3n) is 4.48. The summed E-state index contributed by atoms with van der Waals surface area (Å²) in [4.78, 5) is 0.198. The molecule has 0 bridgehead atoms. The van der Waals surface area contributed by atoms with Crippen molar-refractivity contribution in [3.63, 3.8) is 0 Å². The van der Waals surface area contributed by atoms with Gasteiger partial charge in [0, 0.05) is 16.3 Å². The van der Waals surface area contributed by atoms with Gasteiger partial charge in [-0.25, -0.2) is 8.42 Å². The Morgan fingerprint density at radius 3 is 2.50 bits per heavy atom. The second kappa shape index (κ2) is 8.30. The molecule has 2 N–H and O–H groups in total. The van der Waals surface area contributed by atoms with E-state index in [1.54, 1.807) is 48.7 Å². The summed E-state index contributed by atoms with van der Waals surface area (Å²) in [5.41, 5.74) is 4.90. The third kappa shape index (κ3) is 4.28. The molecule has 0 aliphatic carbocycles. The fraction of sp³-hybridized carbons (Fsp3) is 0.0455. The van der Waals surface area contributed by atoms with Gasteiger partial charge >= 0.3 is 0 Å². The standard InChI is InChI=1S/C22H19N5O2S/c1-16-10-12-19(13-11-16)30(28,29)27-21-9-5-3-7-18(21)15-24-26-22-20-8-4-2-6-17(20)14-23-25-22/h2-15,27H,1H3,(H,25,26)/b24-15+. The predicted molar refractivity (Wildman–Crippen MR) is 119 cm³/mol. The van der Waals surface area contributed by atoms with Crippen molar-refractivity contribution in [1.82, 2.24) is 10.2 Å². The van der Waals surface area contributed by atoms with Gasteiger partial charge in [-0.2, -0.15) is 10.2 Å². The molecular weight excluding hydrogens is 398 g/mol. The van der Waals surface area contributed by atoms with Gasteiger partial charge in [-0.15, -0.1) is 5.10 Å². The van der Waals surface area contributed by atoms with Gasteiger partial charge in [-0.1, -0.05) is 60.2 Å². The maximum atomic E-state index is 12.7. The van der Waals surface area contributed by atoms with E-state index in [9.17, 15) is 8.42 Å². The van der Waals surface area contributed by atoms with Crippen LogP contribution in [0.15, 0.2) is 89.0 Å². The van der Waals surface area contributed by atoms with Crippen LogP contribution in [0.1, 0.15) is 11.1 Å². The molecule has 0 radical (unpaired) electrons. The highest BCUT2D eigenvalue weighted by Crippen LogP contribution is 2.21. The topological polar surface area (TPSA) is 96.3 Å². The number of sulfonamides is 1. The molecule has 0 spiro atoms. The molecule has 0 unspecified atom stereocenters. The zero-order chi connectivity index (χ0) is 21.0. The number of fused-ring (bicyclic) bond motifs is 1. The van der Waals surface area contributed by atoms with Crippen LogP contribution in [-0.4, -0.2) is 24.8 Å². The first-order valence-corrected chi connectivity index (χ1v) is 10.7. The van der Waals surface area contributed by atoms with E-state index in [0.717, 1.165) is 16.3 Å². The van der Waals surface area contributed by atoms with Crippen molar-refractivity contribution in [2.24, 2.45) is 5.10 Å². The Bertz CT molecular complexity index is 1310. The molecule has 1 heterocycles. The molecular formula is C22H19N5O2S. The van der Waals surface area contributed by atoms with E-state index in [0.29, 0.717) is 17.1 Å². The first-order chi connectivity index (χ1) is 14.5. The van der Waals surface area contributed by atoms with Crippen molar-refractivity contribution < 1.29 is 8.42 Å². The predicted octanol–water partition coefficient (Wildman–Crippen LogP) is 4.19. The first kappa shape index (κ1) is 19.5. The molecule has 0 aliphatic rings. The fourth-order valence-electron chi connectivity index (χ4n) is 2.90. The molecule has 0 saturated heterocycles. The number of aromatic nitrogens is 2. The first-order valence-electron chi connectivity index (χ1n) is 9.21. The highest BCUT2D eigenvalue weighted by Gasteiger charge is 2.15. The molecule has 0 aliphatic heterocycles. The summed E-state index contributed by atoms with van der Waals surface area (Å²) in [5, 5.41) is 14.1. The zero-order valence-corrected chi connectivity index (χ0v) is 17.0. The third-order valence-corrected chi connectivity index (χ3v) is 5.86. The monoisotopic (exact) mass is 417 g/mol. The molecule has 0 saturated carbocycles. The summed E-state index contributed by atoms with van der Waals surface area (Å²) >= 11 is 0. The molecule has 30 heavy (non-hydrogen) atoms. The largest absolute Gasteiger partial charge is 0.279 e. The van der Waals surface area contributed by atoms with Crippen molar-refractivity contribution in [2.45, 2.75) is 11.8 Å². The van der Waals surface area contributed by atoms with E-state index in [2.05, 4.69) is 25.4 Å². The Hall–Kier alpha value is -3.78. The van der Waals surface area contributed by atoms with Gasteiger partial charge in [0.1, 0.15) is 0 Å². The number of hydrogen-bond donors (Lipinski definition) is 2. The van der Waals surface area contributed by atoms with Crippen LogP contribution in [0.3, 0.4) is 0 Å². The summed E-state index contributed by atoms with van der Waals surface area (Å²) in [6.45, 7) is 1.91. The number of hydrazone groups is 1. The van der Waals surface area contributed by atoms with E-state index in [4.69, 9.17) is 0 Å². The van der Waals surface area contributed by atoms with Crippen molar-refractivity contribution in [3.8, 4) is 0 Å².